The monoisotopic (exact) mass is 522 g/mol. The van der Waals surface area contributed by atoms with Crippen molar-refractivity contribution in [2.45, 2.75) is 6.10 Å². The molecule has 9 nitrogen and oxygen atoms in total. The van der Waals surface area contributed by atoms with Gasteiger partial charge in [0.2, 0.25) is 5.75 Å². The van der Waals surface area contributed by atoms with E-state index in [2.05, 4.69) is 9.80 Å². The van der Waals surface area contributed by atoms with Crippen LogP contribution in [0.25, 0.3) is 0 Å². The third-order valence-electron chi connectivity index (χ3n) is 6.34. The summed E-state index contributed by atoms with van der Waals surface area (Å²) in [7, 11) is 4.63. The molecule has 202 valence electrons. The number of hydrogen-bond acceptors (Lipinski definition) is 9. The Bertz CT molecular complexity index is 1170. The summed E-state index contributed by atoms with van der Waals surface area (Å²) in [5.74, 6) is 2.13. The van der Waals surface area contributed by atoms with Crippen LogP contribution >= 0.6 is 0 Å². The minimum atomic E-state index is -0.681. The van der Waals surface area contributed by atoms with Crippen LogP contribution in [0.1, 0.15) is 10.4 Å². The second kappa shape index (κ2) is 13.0. The van der Waals surface area contributed by atoms with E-state index in [0.29, 0.717) is 40.9 Å². The summed E-state index contributed by atoms with van der Waals surface area (Å²) in [5.41, 5.74) is 1.39. The molecule has 0 saturated carbocycles. The van der Waals surface area contributed by atoms with Gasteiger partial charge >= 0.3 is 5.97 Å². The highest BCUT2D eigenvalue weighted by Gasteiger charge is 2.23. The molecule has 4 rings (SSSR count). The number of rotatable bonds is 11. The molecule has 0 bridgehead atoms. The maximum absolute atomic E-state index is 12.6. The molecule has 3 aromatic carbocycles. The normalized spacial score (nSPS) is 14.5. The van der Waals surface area contributed by atoms with E-state index in [1.165, 1.54) is 0 Å². The first-order chi connectivity index (χ1) is 18.5. The van der Waals surface area contributed by atoms with E-state index in [4.69, 9.17) is 23.7 Å². The van der Waals surface area contributed by atoms with Crippen LogP contribution in [-0.2, 0) is 0 Å². The van der Waals surface area contributed by atoms with Crippen LogP contribution in [0.5, 0.6) is 28.7 Å². The molecule has 1 unspecified atom stereocenters. The van der Waals surface area contributed by atoms with Gasteiger partial charge in [-0.1, -0.05) is 30.3 Å². The van der Waals surface area contributed by atoms with Gasteiger partial charge in [0, 0.05) is 44.9 Å². The topological polar surface area (TPSA) is 89.9 Å². The zero-order chi connectivity index (χ0) is 26.9. The number of esters is 1. The Labute approximate surface area is 223 Å². The van der Waals surface area contributed by atoms with E-state index in [-0.39, 0.29) is 12.6 Å². The predicted molar refractivity (Wildman–Crippen MR) is 144 cm³/mol. The van der Waals surface area contributed by atoms with Gasteiger partial charge in [-0.2, -0.15) is 0 Å². The fourth-order valence-corrected chi connectivity index (χ4v) is 4.39. The van der Waals surface area contributed by atoms with Gasteiger partial charge in [-0.25, -0.2) is 4.79 Å². The van der Waals surface area contributed by atoms with Crippen molar-refractivity contribution in [1.82, 2.24) is 4.90 Å². The molecule has 1 atom stereocenters. The Balaban J connectivity index is 1.29. The van der Waals surface area contributed by atoms with Crippen LogP contribution in [0.2, 0.25) is 0 Å². The number of aliphatic hydroxyl groups is 1. The fourth-order valence-electron chi connectivity index (χ4n) is 4.39. The van der Waals surface area contributed by atoms with E-state index in [9.17, 15) is 9.90 Å². The summed E-state index contributed by atoms with van der Waals surface area (Å²) in [6.07, 6.45) is -0.681. The minimum Gasteiger partial charge on any atom is -0.493 e. The second-order valence-corrected chi connectivity index (χ2v) is 8.84. The molecule has 1 saturated heterocycles. The van der Waals surface area contributed by atoms with E-state index in [1.54, 1.807) is 45.6 Å². The summed E-state index contributed by atoms with van der Waals surface area (Å²) in [4.78, 5) is 17.0. The lowest BCUT2D eigenvalue weighted by Gasteiger charge is -2.37. The molecule has 0 amide bonds. The number of aliphatic hydroxyl groups excluding tert-OH is 1. The highest BCUT2D eigenvalue weighted by Crippen LogP contribution is 2.40. The predicted octanol–water partition coefficient (Wildman–Crippen LogP) is 3.49. The third kappa shape index (κ3) is 6.67. The third-order valence-corrected chi connectivity index (χ3v) is 6.34. The molecule has 0 aliphatic carbocycles. The molecule has 0 spiro atoms. The smallest absolute Gasteiger partial charge is 0.343 e. The highest BCUT2D eigenvalue weighted by atomic mass is 16.5. The quantitative estimate of drug-likeness (QED) is 0.300. The molecule has 1 aliphatic rings. The van der Waals surface area contributed by atoms with E-state index >= 15 is 0 Å². The first-order valence-electron chi connectivity index (χ1n) is 12.5. The van der Waals surface area contributed by atoms with Crippen LogP contribution in [-0.4, -0.2) is 82.7 Å². The minimum absolute atomic E-state index is 0.122. The van der Waals surface area contributed by atoms with Gasteiger partial charge in [0.25, 0.3) is 0 Å². The number of anilines is 1. The van der Waals surface area contributed by atoms with Crippen molar-refractivity contribution in [2.75, 3.05) is 65.6 Å². The average molecular weight is 523 g/mol. The van der Waals surface area contributed by atoms with E-state index in [0.717, 1.165) is 31.9 Å². The lowest BCUT2D eigenvalue weighted by atomic mass is 10.2. The van der Waals surface area contributed by atoms with Gasteiger partial charge in [0.15, 0.2) is 17.2 Å². The van der Waals surface area contributed by atoms with E-state index in [1.807, 2.05) is 42.5 Å². The molecular weight excluding hydrogens is 488 g/mol. The molecule has 1 heterocycles. The van der Waals surface area contributed by atoms with E-state index < -0.39 is 6.10 Å². The Hall–Kier alpha value is -3.95. The van der Waals surface area contributed by atoms with Crippen molar-refractivity contribution in [1.29, 1.82) is 0 Å². The molecule has 1 N–H and O–H groups in total. The lowest BCUT2D eigenvalue weighted by Crippen LogP contribution is -2.49. The molecule has 1 fully saturated rings. The zero-order valence-electron chi connectivity index (χ0n) is 22.0. The standard InChI is InChI=1S/C29H34N2O7/c1-34-26-17-23(18-27(35-2)28(26)36-3)37-20-22(32)19-30-13-15-31(16-14-30)24-11-7-8-12-25(24)38-29(33)21-9-5-4-6-10-21/h4-12,17-18,22,32H,13-16,19-20H2,1-3H3. The molecule has 3 aromatic rings. The number of nitrogens with zero attached hydrogens (tertiary/aromatic N) is 2. The fraction of sp³-hybridized carbons (Fsp3) is 0.345. The number of β-amino-alcohol motifs (C(OH)–C–C–N with tert-alkyl or cyclic N) is 1. The van der Waals surface area contributed by atoms with Crippen LogP contribution in [0.4, 0.5) is 5.69 Å². The van der Waals surface area contributed by atoms with Gasteiger partial charge in [-0.3, -0.25) is 4.90 Å². The van der Waals surface area contributed by atoms with Gasteiger partial charge in [-0.15, -0.1) is 0 Å². The van der Waals surface area contributed by atoms with Gasteiger partial charge < -0.3 is 33.7 Å². The van der Waals surface area contributed by atoms with Gasteiger partial charge in [0.05, 0.1) is 32.6 Å². The highest BCUT2D eigenvalue weighted by molar-refractivity contribution is 5.91. The Morgan fingerprint density at radius 1 is 0.842 bits per heavy atom. The molecular formula is C29H34N2O7. The SMILES string of the molecule is COc1cc(OCC(O)CN2CCN(c3ccccc3OC(=O)c3ccccc3)CC2)cc(OC)c1OC. The second-order valence-electron chi connectivity index (χ2n) is 8.84. The number of ether oxygens (including phenoxy) is 5. The lowest BCUT2D eigenvalue weighted by molar-refractivity contribution is 0.0658. The van der Waals surface area contributed by atoms with Crippen molar-refractivity contribution in [3.05, 3.63) is 72.3 Å². The number of carbonyl (C=O) groups is 1. The number of benzene rings is 3. The summed E-state index contributed by atoms with van der Waals surface area (Å²) in [5, 5.41) is 10.6. The number of hydrogen-bond donors (Lipinski definition) is 1. The van der Waals surface area contributed by atoms with Crippen molar-refractivity contribution in [3.8, 4) is 28.7 Å². The number of carbonyl (C=O) groups excluding carboxylic acids is 1. The summed E-state index contributed by atoms with van der Waals surface area (Å²) >= 11 is 0. The largest absolute Gasteiger partial charge is 0.493 e. The first-order valence-corrected chi connectivity index (χ1v) is 12.5. The van der Waals surface area contributed by atoms with Crippen molar-refractivity contribution < 1.29 is 33.6 Å². The number of piperazine rings is 1. The first kappa shape index (κ1) is 27.1. The summed E-state index contributed by atoms with van der Waals surface area (Å²) < 4.78 is 27.6. The molecule has 0 aromatic heterocycles. The zero-order valence-corrected chi connectivity index (χ0v) is 22.0. The van der Waals surface area contributed by atoms with Crippen LogP contribution in [0.3, 0.4) is 0 Å². The maximum Gasteiger partial charge on any atom is 0.343 e. The van der Waals surface area contributed by atoms with Crippen LogP contribution in [0.15, 0.2) is 66.7 Å². The van der Waals surface area contributed by atoms with Crippen LogP contribution in [0, 0.1) is 0 Å². The van der Waals surface area contributed by atoms with Crippen molar-refractivity contribution in [2.24, 2.45) is 0 Å². The number of para-hydroxylation sites is 2. The molecule has 38 heavy (non-hydrogen) atoms. The van der Waals surface area contributed by atoms with Crippen molar-refractivity contribution >= 4 is 11.7 Å². The van der Waals surface area contributed by atoms with Crippen molar-refractivity contribution in [3.63, 3.8) is 0 Å². The van der Waals surface area contributed by atoms with Crippen LogP contribution < -0.4 is 28.6 Å². The summed E-state index contributed by atoms with van der Waals surface area (Å²) in [6.45, 7) is 3.57. The maximum atomic E-state index is 12.6. The van der Waals surface area contributed by atoms with Gasteiger partial charge in [0.1, 0.15) is 18.5 Å². The van der Waals surface area contributed by atoms with Gasteiger partial charge in [-0.05, 0) is 24.3 Å². The summed E-state index contributed by atoms with van der Waals surface area (Å²) in [6, 6.07) is 19.9. The number of methoxy groups -OCH3 is 3. The molecule has 0 radical (unpaired) electrons. The Kier molecular flexibility index (Phi) is 9.29. The molecule has 1 aliphatic heterocycles. The Morgan fingerprint density at radius 2 is 1.47 bits per heavy atom. The Morgan fingerprint density at radius 3 is 2.11 bits per heavy atom. The average Bonchev–Trinajstić information content (AvgIpc) is 2.96. The molecule has 9 heteroatoms.